The van der Waals surface area contributed by atoms with Crippen LogP contribution in [0.5, 0.6) is 0 Å². The maximum Gasteiger partial charge on any atom is 0.106 e. The predicted octanol–water partition coefficient (Wildman–Crippen LogP) is 2.52. The highest BCUT2D eigenvalue weighted by molar-refractivity contribution is 6.00. The van der Waals surface area contributed by atoms with Crippen molar-refractivity contribution in [3.63, 3.8) is 0 Å². The highest BCUT2D eigenvalue weighted by Crippen LogP contribution is 2.27. The van der Waals surface area contributed by atoms with Gasteiger partial charge in [-0.15, -0.1) is 0 Å². The van der Waals surface area contributed by atoms with Crippen molar-refractivity contribution >= 4 is 5.71 Å². The maximum atomic E-state index is 9.16. The summed E-state index contributed by atoms with van der Waals surface area (Å²) in [6.07, 6.45) is 7.70. The fourth-order valence-electron chi connectivity index (χ4n) is 1.89. The number of hydrogen-bond donors (Lipinski definition) is 1. The number of benzene rings is 1. The van der Waals surface area contributed by atoms with Crippen LogP contribution in [0, 0.1) is 17.8 Å². The molecule has 1 N–H and O–H groups in total. The van der Waals surface area contributed by atoms with Gasteiger partial charge in [0.1, 0.15) is 5.71 Å². The van der Waals surface area contributed by atoms with Gasteiger partial charge in [-0.05, 0) is 25.0 Å². The van der Waals surface area contributed by atoms with Gasteiger partial charge < -0.3 is 9.77 Å². The van der Waals surface area contributed by atoms with Gasteiger partial charge in [-0.25, -0.2) is 4.98 Å². The predicted molar refractivity (Wildman–Crippen MR) is 76.6 cm³/mol. The molecule has 20 heavy (non-hydrogen) atoms. The van der Waals surface area contributed by atoms with Gasteiger partial charge in [0, 0.05) is 29.4 Å². The Morgan fingerprint density at radius 3 is 2.75 bits per heavy atom. The van der Waals surface area contributed by atoms with E-state index in [0.29, 0.717) is 18.2 Å². The molecule has 1 aliphatic carbocycles. The summed E-state index contributed by atoms with van der Waals surface area (Å²) in [7, 11) is 0. The summed E-state index contributed by atoms with van der Waals surface area (Å²) in [6, 6.07) is 7.79. The third-order valence-corrected chi connectivity index (χ3v) is 3.23. The van der Waals surface area contributed by atoms with Crippen molar-refractivity contribution in [2.75, 3.05) is 0 Å². The third-order valence-electron chi connectivity index (χ3n) is 3.23. The molecule has 1 aromatic heterocycles. The summed E-state index contributed by atoms with van der Waals surface area (Å²) < 4.78 is 1.86. The van der Waals surface area contributed by atoms with Crippen molar-refractivity contribution in [1.29, 1.82) is 0 Å². The second-order valence-corrected chi connectivity index (χ2v) is 4.90. The maximum absolute atomic E-state index is 9.16. The zero-order chi connectivity index (χ0) is 13.8. The Labute approximate surface area is 117 Å². The SMILES string of the molecule is O/N=C(\Cn1ccnc1)c1ccc(C#CC2CC2)cc1. The fraction of sp³-hybridized carbons (Fsp3) is 0.250. The van der Waals surface area contributed by atoms with E-state index in [1.165, 1.54) is 12.8 Å². The van der Waals surface area contributed by atoms with Gasteiger partial charge in [-0.3, -0.25) is 0 Å². The van der Waals surface area contributed by atoms with Gasteiger partial charge in [0.25, 0.3) is 0 Å². The molecule has 100 valence electrons. The molecule has 1 fully saturated rings. The monoisotopic (exact) mass is 265 g/mol. The Kier molecular flexibility index (Phi) is 3.51. The Balaban J connectivity index is 1.74. The van der Waals surface area contributed by atoms with E-state index in [4.69, 9.17) is 5.21 Å². The van der Waals surface area contributed by atoms with Crippen molar-refractivity contribution in [3.8, 4) is 11.8 Å². The lowest BCUT2D eigenvalue weighted by Crippen LogP contribution is -2.10. The second kappa shape index (κ2) is 5.62. The molecule has 0 aliphatic heterocycles. The van der Waals surface area contributed by atoms with Gasteiger partial charge >= 0.3 is 0 Å². The largest absolute Gasteiger partial charge is 0.411 e. The molecular formula is C16H15N3O. The number of nitrogens with zero attached hydrogens (tertiary/aromatic N) is 3. The first-order valence-corrected chi connectivity index (χ1v) is 6.64. The first-order valence-electron chi connectivity index (χ1n) is 6.64. The lowest BCUT2D eigenvalue weighted by molar-refractivity contribution is 0.317. The molecule has 0 radical (unpaired) electrons. The summed E-state index contributed by atoms with van der Waals surface area (Å²) in [5.74, 6) is 7.00. The van der Waals surface area contributed by atoms with Crippen LogP contribution in [-0.4, -0.2) is 20.5 Å². The summed E-state index contributed by atoms with van der Waals surface area (Å²) in [5, 5.41) is 12.5. The van der Waals surface area contributed by atoms with E-state index in [1.807, 2.05) is 35.0 Å². The normalized spacial score (nSPS) is 14.7. The van der Waals surface area contributed by atoms with E-state index in [9.17, 15) is 0 Å². The highest BCUT2D eigenvalue weighted by Gasteiger charge is 2.17. The van der Waals surface area contributed by atoms with Crippen LogP contribution in [0.2, 0.25) is 0 Å². The average Bonchev–Trinajstić information content (AvgIpc) is 3.18. The van der Waals surface area contributed by atoms with Gasteiger partial charge in [0.05, 0.1) is 12.9 Å². The van der Waals surface area contributed by atoms with Crippen LogP contribution in [0.15, 0.2) is 48.1 Å². The zero-order valence-electron chi connectivity index (χ0n) is 11.0. The molecule has 0 spiro atoms. The van der Waals surface area contributed by atoms with Crippen LogP contribution in [0.4, 0.5) is 0 Å². The van der Waals surface area contributed by atoms with E-state index in [-0.39, 0.29) is 0 Å². The molecule has 1 aromatic carbocycles. The van der Waals surface area contributed by atoms with E-state index in [2.05, 4.69) is 22.0 Å². The molecule has 2 aromatic rings. The molecule has 3 rings (SSSR count). The lowest BCUT2D eigenvalue weighted by atomic mass is 10.1. The molecule has 4 heteroatoms. The molecule has 0 bridgehead atoms. The van der Waals surface area contributed by atoms with Crippen molar-refractivity contribution in [2.45, 2.75) is 19.4 Å². The molecule has 0 saturated heterocycles. The number of rotatable bonds is 3. The highest BCUT2D eigenvalue weighted by atomic mass is 16.4. The van der Waals surface area contributed by atoms with Gasteiger partial charge in [0.15, 0.2) is 0 Å². The van der Waals surface area contributed by atoms with Crippen LogP contribution in [0.3, 0.4) is 0 Å². The standard InChI is InChI=1S/C16H15N3O/c20-18-16(11-19-10-9-17-12-19)15-7-5-14(6-8-15)4-3-13-1-2-13/h5-10,12-13,20H,1-2,11H2/b18-16+. The molecule has 0 unspecified atom stereocenters. The van der Waals surface area contributed by atoms with E-state index in [0.717, 1.165) is 11.1 Å². The zero-order valence-corrected chi connectivity index (χ0v) is 11.0. The number of hydrogen-bond acceptors (Lipinski definition) is 3. The van der Waals surface area contributed by atoms with Crippen LogP contribution >= 0.6 is 0 Å². The van der Waals surface area contributed by atoms with E-state index in [1.54, 1.807) is 12.5 Å². The lowest BCUT2D eigenvalue weighted by Gasteiger charge is -2.05. The summed E-state index contributed by atoms with van der Waals surface area (Å²) in [4.78, 5) is 3.97. The average molecular weight is 265 g/mol. The first-order chi connectivity index (χ1) is 9.85. The van der Waals surface area contributed by atoms with Crippen LogP contribution in [0.25, 0.3) is 0 Å². The van der Waals surface area contributed by atoms with Gasteiger partial charge in [0.2, 0.25) is 0 Å². The summed E-state index contributed by atoms with van der Waals surface area (Å²) in [5.41, 5.74) is 2.49. The quantitative estimate of drug-likeness (QED) is 0.401. The Morgan fingerprint density at radius 2 is 2.15 bits per heavy atom. The minimum absolute atomic E-state index is 0.490. The van der Waals surface area contributed by atoms with Gasteiger partial charge in [-0.1, -0.05) is 29.1 Å². The summed E-state index contributed by atoms with van der Waals surface area (Å²) in [6.45, 7) is 0.490. The fourth-order valence-corrected chi connectivity index (χ4v) is 1.89. The molecule has 4 nitrogen and oxygen atoms in total. The number of imidazole rings is 1. The van der Waals surface area contributed by atoms with Crippen molar-refractivity contribution in [3.05, 3.63) is 54.1 Å². The third kappa shape index (κ3) is 3.07. The Morgan fingerprint density at radius 1 is 1.35 bits per heavy atom. The second-order valence-electron chi connectivity index (χ2n) is 4.90. The van der Waals surface area contributed by atoms with Crippen molar-refractivity contribution < 1.29 is 5.21 Å². The molecule has 1 aliphatic rings. The Bertz CT molecular complexity index is 656. The van der Waals surface area contributed by atoms with Crippen LogP contribution in [0.1, 0.15) is 24.0 Å². The van der Waals surface area contributed by atoms with E-state index >= 15 is 0 Å². The smallest absolute Gasteiger partial charge is 0.106 e. The summed E-state index contributed by atoms with van der Waals surface area (Å²) >= 11 is 0. The van der Waals surface area contributed by atoms with Crippen molar-refractivity contribution in [1.82, 2.24) is 9.55 Å². The molecule has 1 saturated carbocycles. The molecular weight excluding hydrogens is 250 g/mol. The number of aromatic nitrogens is 2. The molecule has 0 atom stereocenters. The number of oxime groups is 1. The Hall–Kier alpha value is -2.54. The molecule has 0 amide bonds. The minimum atomic E-state index is 0.490. The van der Waals surface area contributed by atoms with Crippen LogP contribution < -0.4 is 0 Å². The topological polar surface area (TPSA) is 50.4 Å². The molecule has 1 heterocycles. The van der Waals surface area contributed by atoms with E-state index < -0.39 is 0 Å². The minimum Gasteiger partial charge on any atom is -0.411 e. The first kappa shape index (κ1) is 12.5. The van der Waals surface area contributed by atoms with Crippen molar-refractivity contribution in [2.24, 2.45) is 11.1 Å². The van der Waals surface area contributed by atoms with Crippen LogP contribution in [-0.2, 0) is 6.54 Å². The van der Waals surface area contributed by atoms with Gasteiger partial charge in [-0.2, -0.15) is 0 Å².